The lowest BCUT2D eigenvalue weighted by Crippen LogP contribution is -2.26. The van der Waals surface area contributed by atoms with E-state index in [2.05, 4.69) is 24.2 Å². The highest BCUT2D eigenvalue weighted by Crippen LogP contribution is 2.19. The second kappa shape index (κ2) is 8.22. The van der Waals surface area contributed by atoms with Gasteiger partial charge in [-0.3, -0.25) is 0 Å². The minimum atomic E-state index is -0.118. The van der Waals surface area contributed by atoms with Crippen LogP contribution in [-0.2, 0) is 0 Å². The lowest BCUT2D eigenvalue weighted by Gasteiger charge is -2.22. The molecular weight excluding hydrogens is 227 g/mol. The predicted molar refractivity (Wildman–Crippen MR) is 75.2 cm³/mol. The Bertz CT molecular complexity index is 341. The van der Waals surface area contributed by atoms with Crippen molar-refractivity contribution in [3.63, 3.8) is 0 Å². The molecule has 1 aromatic rings. The number of nitrogens with zero attached hydrogens (tertiary/aromatic N) is 1. The summed E-state index contributed by atoms with van der Waals surface area (Å²) in [7, 11) is 4.02. The van der Waals surface area contributed by atoms with Gasteiger partial charge in [-0.1, -0.05) is 31.5 Å². The van der Waals surface area contributed by atoms with Crippen molar-refractivity contribution in [1.82, 2.24) is 10.2 Å². The van der Waals surface area contributed by atoms with Gasteiger partial charge in [0, 0.05) is 11.6 Å². The summed E-state index contributed by atoms with van der Waals surface area (Å²) < 4.78 is 13.7. The van der Waals surface area contributed by atoms with E-state index in [-0.39, 0.29) is 11.9 Å². The van der Waals surface area contributed by atoms with Crippen molar-refractivity contribution >= 4 is 0 Å². The zero-order valence-electron chi connectivity index (χ0n) is 11.7. The summed E-state index contributed by atoms with van der Waals surface area (Å²) in [6.07, 6.45) is 3.37. The molecule has 1 rings (SSSR count). The Morgan fingerprint density at radius 1 is 1.28 bits per heavy atom. The third-order valence-corrected chi connectivity index (χ3v) is 3.32. The van der Waals surface area contributed by atoms with E-state index in [1.165, 1.54) is 18.9 Å². The van der Waals surface area contributed by atoms with Crippen LogP contribution in [0.3, 0.4) is 0 Å². The normalized spacial score (nSPS) is 12.9. The summed E-state index contributed by atoms with van der Waals surface area (Å²) in [5.41, 5.74) is 0.767. The first-order chi connectivity index (χ1) is 8.69. The van der Waals surface area contributed by atoms with E-state index in [1.807, 2.05) is 19.2 Å². The van der Waals surface area contributed by atoms with Crippen LogP contribution >= 0.6 is 0 Å². The molecule has 0 aliphatic carbocycles. The van der Waals surface area contributed by atoms with Crippen molar-refractivity contribution < 1.29 is 4.39 Å². The molecule has 0 heterocycles. The molecule has 0 spiro atoms. The van der Waals surface area contributed by atoms with E-state index in [0.717, 1.165) is 25.1 Å². The predicted octanol–water partition coefficient (Wildman–Crippen LogP) is 3.21. The number of hydrogen-bond donors (Lipinski definition) is 1. The van der Waals surface area contributed by atoms with Crippen LogP contribution in [0.15, 0.2) is 24.3 Å². The highest BCUT2D eigenvalue weighted by Gasteiger charge is 2.13. The van der Waals surface area contributed by atoms with Gasteiger partial charge in [-0.25, -0.2) is 4.39 Å². The van der Waals surface area contributed by atoms with Crippen LogP contribution in [0.4, 0.5) is 4.39 Å². The molecule has 2 nitrogen and oxygen atoms in total. The Balaban J connectivity index is 2.50. The SMILES string of the molecule is CCCCN(C)CCC(NC)c1ccccc1F. The highest BCUT2D eigenvalue weighted by atomic mass is 19.1. The van der Waals surface area contributed by atoms with Crippen molar-refractivity contribution in [2.24, 2.45) is 0 Å². The summed E-state index contributed by atoms with van der Waals surface area (Å²) >= 11 is 0. The fraction of sp³-hybridized carbons (Fsp3) is 0.600. The van der Waals surface area contributed by atoms with Gasteiger partial charge in [0.2, 0.25) is 0 Å². The molecule has 0 bridgehead atoms. The third-order valence-electron chi connectivity index (χ3n) is 3.32. The standard InChI is InChI=1S/C15H25FN2/c1-4-5-11-18(3)12-10-15(17-2)13-8-6-7-9-14(13)16/h6-9,15,17H,4-5,10-12H2,1-3H3. The molecule has 0 saturated carbocycles. The largest absolute Gasteiger partial charge is 0.313 e. The van der Waals surface area contributed by atoms with Crippen molar-refractivity contribution in [2.45, 2.75) is 32.2 Å². The number of hydrogen-bond acceptors (Lipinski definition) is 2. The van der Waals surface area contributed by atoms with Crippen LogP contribution in [0.25, 0.3) is 0 Å². The van der Waals surface area contributed by atoms with Gasteiger partial charge in [0.05, 0.1) is 0 Å². The van der Waals surface area contributed by atoms with Crippen molar-refractivity contribution in [2.75, 3.05) is 27.2 Å². The van der Waals surface area contributed by atoms with Crippen LogP contribution in [-0.4, -0.2) is 32.1 Å². The first-order valence-electron chi connectivity index (χ1n) is 6.79. The van der Waals surface area contributed by atoms with Crippen molar-refractivity contribution in [3.8, 4) is 0 Å². The summed E-state index contributed by atoms with van der Waals surface area (Å²) in [6.45, 7) is 4.30. The molecule has 102 valence electrons. The fourth-order valence-corrected chi connectivity index (χ4v) is 2.10. The molecule has 0 fully saturated rings. The average Bonchev–Trinajstić information content (AvgIpc) is 2.39. The molecular formula is C15H25FN2. The van der Waals surface area contributed by atoms with Gasteiger partial charge >= 0.3 is 0 Å². The minimum Gasteiger partial charge on any atom is -0.313 e. The summed E-state index contributed by atoms with van der Waals surface area (Å²) in [5.74, 6) is -0.118. The smallest absolute Gasteiger partial charge is 0.127 e. The van der Waals surface area contributed by atoms with E-state index < -0.39 is 0 Å². The second-order valence-corrected chi connectivity index (χ2v) is 4.81. The maximum absolute atomic E-state index is 13.7. The van der Waals surface area contributed by atoms with Crippen molar-refractivity contribution in [1.29, 1.82) is 0 Å². The molecule has 0 aliphatic heterocycles. The molecule has 18 heavy (non-hydrogen) atoms. The molecule has 0 aliphatic rings. The molecule has 1 unspecified atom stereocenters. The van der Waals surface area contributed by atoms with Crippen LogP contribution in [0, 0.1) is 5.82 Å². The molecule has 1 atom stereocenters. The summed E-state index contributed by atoms with van der Waals surface area (Å²) in [6, 6.07) is 7.11. The number of nitrogens with one attached hydrogen (secondary N) is 1. The maximum atomic E-state index is 13.7. The lowest BCUT2D eigenvalue weighted by molar-refractivity contribution is 0.304. The van der Waals surface area contributed by atoms with Gasteiger partial charge in [0.15, 0.2) is 0 Å². The molecule has 0 saturated heterocycles. The zero-order chi connectivity index (χ0) is 13.4. The average molecular weight is 252 g/mol. The number of halogens is 1. The first-order valence-corrected chi connectivity index (χ1v) is 6.79. The molecule has 0 amide bonds. The maximum Gasteiger partial charge on any atom is 0.127 e. The first kappa shape index (κ1) is 15.1. The minimum absolute atomic E-state index is 0.0928. The van der Waals surface area contributed by atoms with Gasteiger partial charge in [-0.2, -0.15) is 0 Å². The Labute approximate surface area is 110 Å². The quantitative estimate of drug-likeness (QED) is 0.764. The van der Waals surface area contributed by atoms with E-state index >= 15 is 0 Å². The second-order valence-electron chi connectivity index (χ2n) is 4.81. The van der Waals surface area contributed by atoms with Gasteiger partial charge in [-0.15, -0.1) is 0 Å². The molecule has 0 aromatic heterocycles. The number of unbranched alkanes of at least 4 members (excludes halogenated alkanes) is 1. The lowest BCUT2D eigenvalue weighted by atomic mass is 10.0. The Hall–Kier alpha value is -0.930. The van der Waals surface area contributed by atoms with Gasteiger partial charge in [-0.05, 0) is 46.1 Å². The van der Waals surface area contributed by atoms with E-state index in [9.17, 15) is 4.39 Å². The molecule has 3 heteroatoms. The van der Waals surface area contributed by atoms with Crippen LogP contribution in [0.1, 0.15) is 37.8 Å². The van der Waals surface area contributed by atoms with Crippen LogP contribution < -0.4 is 5.32 Å². The Morgan fingerprint density at radius 2 is 2.00 bits per heavy atom. The Kier molecular flexibility index (Phi) is 6.91. The zero-order valence-corrected chi connectivity index (χ0v) is 11.7. The fourth-order valence-electron chi connectivity index (χ4n) is 2.10. The summed E-state index contributed by atoms with van der Waals surface area (Å²) in [5, 5.41) is 3.20. The molecule has 1 N–H and O–H groups in total. The third kappa shape index (κ3) is 4.75. The molecule has 1 aromatic carbocycles. The van der Waals surface area contributed by atoms with Gasteiger partial charge in [0.25, 0.3) is 0 Å². The van der Waals surface area contributed by atoms with Crippen LogP contribution in [0.2, 0.25) is 0 Å². The number of rotatable bonds is 8. The van der Waals surface area contributed by atoms with Gasteiger partial charge in [0.1, 0.15) is 5.82 Å². The number of benzene rings is 1. The van der Waals surface area contributed by atoms with Crippen molar-refractivity contribution in [3.05, 3.63) is 35.6 Å². The molecule has 0 radical (unpaired) electrons. The summed E-state index contributed by atoms with van der Waals surface area (Å²) in [4.78, 5) is 2.31. The van der Waals surface area contributed by atoms with E-state index in [0.29, 0.717) is 0 Å². The van der Waals surface area contributed by atoms with E-state index in [4.69, 9.17) is 0 Å². The van der Waals surface area contributed by atoms with Gasteiger partial charge < -0.3 is 10.2 Å². The Morgan fingerprint density at radius 3 is 2.61 bits per heavy atom. The van der Waals surface area contributed by atoms with E-state index in [1.54, 1.807) is 6.07 Å². The topological polar surface area (TPSA) is 15.3 Å². The monoisotopic (exact) mass is 252 g/mol. The van der Waals surface area contributed by atoms with Crippen LogP contribution in [0.5, 0.6) is 0 Å². The highest BCUT2D eigenvalue weighted by molar-refractivity contribution is 5.21.